The molecule has 0 radical (unpaired) electrons. The Hall–Kier alpha value is -2.16. The number of hydrogen-bond acceptors (Lipinski definition) is 5. The topological polar surface area (TPSA) is 159 Å². The number of amides is 2. The van der Waals surface area contributed by atoms with Crippen molar-refractivity contribution < 1.29 is 29.4 Å². The molecule has 9 heteroatoms. The van der Waals surface area contributed by atoms with Gasteiger partial charge in [0.1, 0.15) is 12.6 Å². The van der Waals surface area contributed by atoms with Crippen molar-refractivity contribution in [1.82, 2.24) is 10.6 Å². The average molecular weight is 303 g/mol. The molecule has 0 aliphatic rings. The van der Waals surface area contributed by atoms with Gasteiger partial charge in [-0.15, -0.1) is 0 Å². The fourth-order valence-corrected chi connectivity index (χ4v) is 1.53. The number of nitrogens with one attached hydrogen (secondary N) is 2. The van der Waals surface area contributed by atoms with Crippen molar-refractivity contribution in [2.75, 3.05) is 6.54 Å². The van der Waals surface area contributed by atoms with E-state index >= 15 is 0 Å². The summed E-state index contributed by atoms with van der Waals surface area (Å²) in [5.74, 6) is -3.51. The van der Waals surface area contributed by atoms with Gasteiger partial charge in [0.05, 0.1) is 6.04 Å². The van der Waals surface area contributed by atoms with E-state index in [-0.39, 0.29) is 12.8 Å². The zero-order chi connectivity index (χ0) is 16.4. The fourth-order valence-electron chi connectivity index (χ4n) is 1.53. The Kier molecular flexibility index (Phi) is 8.70. The van der Waals surface area contributed by atoms with Crippen LogP contribution in [0.15, 0.2) is 0 Å². The molecule has 0 saturated heterocycles. The van der Waals surface area contributed by atoms with Gasteiger partial charge in [-0.25, -0.2) is 0 Å². The van der Waals surface area contributed by atoms with Gasteiger partial charge >= 0.3 is 11.9 Å². The summed E-state index contributed by atoms with van der Waals surface area (Å²) >= 11 is 0. The smallest absolute Gasteiger partial charge is 0.322 e. The maximum atomic E-state index is 11.8. The number of carboxylic acids is 2. The summed E-state index contributed by atoms with van der Waals surface area (Å²) in [5, 5.41) is 21.6. The Balaban J connectivity index is 4.46. The standard InChI is InChI=1S/C12H21N3O6/c1-2-3-8(12(21)14-6-10(18)19)15-11(20)7(13)4-5-9(16)17/h7-8H,2-6,13H2,1H3,(H,14,21)(H,15,20)(H,16,17)(H,18,19)/t7-,8-/m0/s1. The quantitative estimate of drug-likeness (QED) is 0.334. The molecule has 21 heavy (non-hydrogen) atoms. The van der Waals surface area contributed by atoms with Crippen molar-refractivity contribution >= 4 is 23.8 Å². The number of carboxylic acid groups (broad SMARTS) is 2. The molecule has 0 aromatic carbocycles. The van der Waals surface area contributed by atoms with Gasteiger partial charge in [-0.3, -0.25) is 19.2 Å². The number of rotatable bonds is 10. The molecular weight excluding hydrogens is 282 g/mol. The molecule has 0 aliphatic heterocycles. The van der Waals surface area contributed by atoms with E-state index < -0.39 is 42.4 Å². The molecule has 2 atom stereocenters. The van der Waals surface area contributed by atoms with E-state index in [1.54, 1.807) is 6.92 Å². The van der Waals surface area contributed by atoms with Gasteiger partial charge < -0.3 is 26.6 Å². The summed E-state index contributed by atoms with van der Waals surface area (Å²) in [6.07, 6.45) is 0.619. The first-order valence-electron chi connectivity index (χ1n) is 6.55. The van der Waals surface area contributed by atoms with E-state index in [1.807, 2.05) is 0 Å². The van der Waals surface area contributed by atoms with Crippen LogP contribution in [0, 0.1) is 0 Å². The van der Waals surface area contributed by atoms with E-state index in [4.69, 9.17) is 15.9 Å². The predicted octanol–water partition coefficient (Wildman–Crippen LogP) is -1.34. The molecule has 0 heterocycles. The van der Waals surface area contributed by atoms with Crippen LogP contribution < -0.4 is 16.4 Å². The normalized spacial score (nSPS) is 13.0. The van der Waals surface area contributed by atoms with Gasteiger partial charge in [0, 0.05) is 6.42 Å². The van der Waals surface area contributed by atoms with Crippen LogP contribution in [-0.4, -0.2) is 52.6 Å². The van der Waals surface area contributed by atoms with Crippen LogP contribution in [0.25, 0.3) is 0 Å². The zero-order valence-corrected chi connectivity index (χ0v) is 11.8. The molecule has 0 spiro atoms. The van der Waals surface area contributed by atoms with Gasteiger partial charge in [0.15, 0.2) is 0 Å². The Bertz CT molecular complexity index is 398. The fraction of sp³-hybridized carbons (Fsp3) is 0.667. The molecular formula is C12H21N3O6. The first-order chi connectivity index (χ1) is 9.77. The first-order valence-corrected chi connectivity index (χ1v) is 6.55. The lowest BCUT2D eigenvalue weighted by atomic mass is 10.1. The van der Waals surface area contributed by atoms with E-state index in [2.05, 4.69) is 10.6 Å². The number of nitrogens with two attached hydrogens (primary N) is 1. The molecule has 0 bridgehead atoms. The third kappa shape index (κ3) is 8.58. The van der Waals surface area contributed by atoms with Crippen molar-refractivity contribution in [2.24, 2.45) is 5.73 Å². The molecule has 0 aromatic rings. The predicted molar refractivity (Wildman–Crippen MR) is 72.3 cm³/mol. The average Bonchev–Trinajstić information content (AvgIpc) is 2.41. The molecule has 0 unspecified atom stereocenters. The number of carbonyl (C=O) groups excluding carboxylic acids is 2. The number of carbonyl (C=O) groups is 4. The minimum atomic E-state index is -1.19. The Morgan fingerprint density at radius 2 is 1.67 bits per heavy atom. The highest BCUT2D eigenvalue weighted by Gasteiger charge is 2.23. The third-order valence-electron chi connectivity index (χ3n) is 2.63. The largest absolute Gasteiger partial charge is 0.481 e. The van der Waals surface area contributed by atoms with E-state index in [0.717, 1.165) is 0 Å². The highest BCUT2D eigenvalue weighted by Crippen LogP contribution is 2.00. The second kappa shape index (κ2) is 9.70. The molecule has 2 amide bonds. The van der Waals surface area contributed by atoms with Gasteiger partial charge in [-0.2, -0.15) is 0 Å². The summed E-state index contributed by atoms with van der Waals surface area (Å²) in [6.45, 7) is 1.26. The highest BCUT2D eigenvalue weighted by molar-refractivity contribution is 5.91. The Morgan fingerprint density at radius 3 is 2.14 bits per heavy atom. The lowest BCUT2D eigenvalue weighted by Gasteiger charge is -2.19. The van der Waals surface area contributed by atoms with Gasteiger partial charge in [0.2, 0.25) is 11.8 Å². The summed E-state index contributed by atoms with van der Waals surface area (Å²) in [6, 6.07) is -1.93. The zero-order valence-electron chi connectivity index (χ0n) is 11.8. The maximum Gasteiger partial charge on any atom is 0.322 e. The Morgan fingerprint density at radius 1 is 1.05 bits per heavy atom. The number of aliphatic carboxylic acids is 2. The summed E-state index contributed by atoms with van der Waals surface area (Å²) < 4.78 is 0. The highest BCUT2D eigenvalue weighted by atomic mass is 16.4. The van der Waals surface area contributed by atoms with Crippen LogP contribution in [0.1, 0.15) is 32.6 Å². The minimum Gasteiger partial charge on any atom is -0.481 e. The van der Waals surface area contributed by atoms with E-state index in [1.165, 1.54) is 0 Å². The van der Waals surface area contributed by atoms with Crippen LogP contribution in [0.4, 0.5) is 0 Å². The van der Waals surface area contributed by atoms with Crippen LogP contribution in [0.2, 0.25) is 0 Å². The molecule has 0 aliphatic carbocycles. The van der Waals surface area contributed by atoms with Gasteiger partial charge in [0.25, 0.3) is 0 Å². The maximum absolute atomic E-state index is 11.8. The van der Waals surface area contributed by atoms with E-state index in [9.17, 15) is 19.2 Å². The lowest BCUT2D eigenvalue weighted by molar-refractivity contribution is -0.138. The molecule has 0 fully saturated rings. The van der Waals surface area contributed by atoms with Crippen molar-refractivity contribution in [3.63, 3.8) is 0 Å². The van der Waals surface area contributed by atoms with E-state index in [0.29, 0.717) is 12.8 Å². The summed E-state index contributed by atoms with van der Waals surface area (Å²) in [5.41, 5.74) is 5.53. The summed E-state index contributed by atoms with van der Waals surface area (Å²) in [4.78, 5) is 44.3. The summed E-state index contributed by atoms with van der Waals surface area (Å²) in [7, 11) is 0. The molecule has 9 nitrogen and oxygen atoms in total. The van der Waals surface area contributed by atoms with Crippen LogP contribution in [0.3, 0.4) is 0 Å². The lowest BCUT2D eigenvalue weighted by Crippen LogP contribution is -2.52. The number of hydrogen-bond donors (Lipinski definition) is 5. The minimum absolute atomic E-state index is 0.0449. The Labute approximate surface area is 121 Å². The van der Waals surface area contributed by atoms with Gasteiger partial charge in [-0.1, -0.05) is 13.3 Å². The SMILES string of the molecule is CCC[C@H](NC(=O)[C@@H](N)CCC(=O)O)C(=O)NCC(=O)O. The van der Waals surface area contributed by atoms with Crippen LogP contribution >= 0.6 is 0 Å². The van der Waals surface area contributed by atoms with Crippen molar-refractivity contribution in [3.8, 4) is 0 Å². The van der Waals surface area contributed by atoms with Crippen LogP contribution in [0.5, 0.6) is 0 Å². The second-order valence-corrected chi connectivity index (χ2v) is 4.50. The molecule has 0 saturated carbocycles. The molecule has 0 rings (SSSR count). The monoisotopic (exact) mass is 303 g/mol. The molecule has 0 aromatic heterocycles. The van der Waals surface area contributed by atoms with Crippen molar-refractivity contribution in [3.05, 3.63) is 0 Å². The molecule has 120 valence electrons. The van der Waals surface area contributed by atoms with Crippen molar-refractivity contribution in [1.29, 1.82) is 0 Å². The van der Waals surface area contributed by atoms with Crippen molar-refractivity contribution in [2.45, 2.75) is 44.7 Å². The second-order valence-electron chi connectivity index (χ2n) is 4.50. The third-order valence-corrected chi connectivity index (χ3v) is 2.63. The van der Waals surface area contributed by atoms with Crippen LogP contribution in [-0.2, 0) is 19.2 Å². The molecule has 6 N–H and O–H groups in total. The van der Waals surface area contributed by atoms with Gasteiger partial charge in [-0.05, 0) is 12.8 Å². The first kappa shape index (κ1) is 18.8.